The summed E-state index contributed by atoms with van der Waals surface area (Å²) >= 11 is 5.99. The Morgan fingerprint density at radius 2 is 1.78 bits per heavy atom. The van der Waals surface area contributed by atoms with E-state index in [4.69, 9.17) is 16.6 Å². The molecule has 5 rings (SSSR count). The summed E-state index contributed by atoms with van der Waals surface area (Å²) in [5.41, 5.74) is 4.21. The molecule has 0 bridgehead atoms. The van der Waals surface area contributed by atoms with Crippen LogP contribution in [-0.4, -0.2) is 39.4 Å². The summed E-state index contributed by atoms with van der Waals surface area (Å²) in [6, 6.07) is 24.6. The maximum atomic E-state index is 13.2. The number of amides is 2. The molecule has 0 spiro atoms. The lowest BCUT2D eigenvalue weighted by molar-refractivity contribution is -0.117. The third-order valence-corrected chi connectivity index (χ3v) is 6.45. The van der Waals surface area contributed by atoms with E-state index in [0.29, 0.717) is 29.0 Å². The minimum Gasteiger partial charge on any atom is -0.329 e. The Hall–Kier alpha value is -3.90. The highest BCUT2D eigenvalue weighted by Gasteiger charge is 2.29. The molecule has 0 saturated heterocycles. The highest BCUT2D eigenvalue weighted by Crippen LogP contribution is 2.30. The predicted octanol–water partition coefficient (Wildman–Crippen LogP) is 5.99. The lowest BCUT2D eigenvalue weighted by atomic mass is 10.2. The second kappa shape index (κ2) is 10.4. The second-order valence-electron chi connectivity index (χ2n) is 9.21. The number of aryl methyl sites for hydroxylation is 1. The van der Waals surface area contributed by atoms with Gasteiger partial charge in [0.25, 0.3) is 5.91 Å². The number of nitrogens with one attached hydrogen (secondary N) is 1. The first-order valence-electron chi connectivity index (χ1n) is 12.0. The monoisotopic (exact) mass is 498 g/mol. The minimum atomic E-state index is -0.294. The van der Waals surface area contributed by atoms with Crippen molar-refractivity contribution >= 4 is 29.4 Å². The van der Waals surface area contributed by atoms with Crippen molar-refractivity contribution in [2.24, 2.45) is 5.92 Å². The summed E-state index contributed by atoms with van der Waals surface area (Å²) in [5, 5.41) is 3.52. The van der Waals surface area contributed by atoms with Crippen LogP contribution in [0.5, 0.6) is 0 Å². The van der Waals surface area contributed by atoms with Crippen molar-refractivity contribution in [1.29, 1.82) is 0 Å². The Labute approximate surface area is 215 Å². The van der Waals surface area contributed by atoms with E-state index in [2.05, 4.69) is 5.32 Å². The highest BCUT2D eigenvalue weighted by molar-refractivity contribution is 6.30. The Kier molecular flexibility index (Phi) is 6.87. The maximum absolute atomic E-state index is 13.2. The quantitative estimate of drug-likeness (QED) is 0.324. The van der Waals surface area contributed by atoms with Crippen molar-refractivity contribution in [2.75, 3.05) is 18.4 Å². The molecule has 0 unspecified atom stereocenters. The molecule has 0 aliphatic heterocycles. The van der Waals surface area contributed by atoms with E-state index in [1.54, 1.807) is 29.2 Å². The third-order valence-electron chi connectivity index (χ3n) is 6.19. The first-order chi connectivity index (χ1) is 17.5. The maximum Gasteiger partial charge on any atom is 0.254 e. The van der Waals surface area contributed by atoms with Crippen molar-refractivity contribution in [3.05, 3.63) is 101 Å². The van der Waals surface area contributed by atoms with Gasteiger partial charge in [0, 0.05) is 34.6 Å². The van der Waals surface area contributed by atoms with Gasteiger partial charge in [0.15, 0.2) is 0 Å². The lowest BCUT2D eigenvalue weighted by Crippen LogP contribution is -2.39. The van der Waals surface area contributed by atoms with Crippen LogP contribution in [0.1, 0.15) is 28.8 Å². The van der Waals surface area contributed by atoms with E-state index in [0.717, 1.165) is 35.3 Å². The SMILES string of the molecule is Cc1cccc(-n2cc(-c3ccccc3)nc2NC(=O)CN(CC2CC2)C(=O)c2ccc(Cl)cc2)c1. The number of hydrogen-bond donors (Lipinski definition) is 1. The summed E-state index contributed by atoms with van der Waals surface area (Å²) in [5.74, 6) is 0.376. The van der Waals surface area contributed by atoms with Gasteiger partial charge in [-0.25, -0.2) is 4.98 Å². The fraction of sp³-hybridized carbons (Fsp3) is 0.207. The molecule has 36 heavy (non-hydrogen) atoms. The van der Waals surface area contributed by atoms with Gasteiger partial charge in [-0.2, -0.15) is 0 Å². The summed E-state index contributed by atoms with van der Waals surface area (Å²) < 4.78 is 1.87. The molecule has 1 aliphatic rings. The Balaban J connectivity index is 1.40. The van der Waals surface area contributed by atoms with E-state index < -0.39 is 0 Å². The standard InChI is InChI=1S/C29H27ClN4O2/c1-20-6-5-9-25(16-20)34-18-26(22-7-3-2-4-8-22)31-29(34)32-27(35)19-33(17-21-10-11-21)28(36)23-12-14-24(30)15-13-23/h2-9,12-16,18,21H,10-11,17,19H2,1H3,(H,31,32,35). The molecule has 4 aromatic rings. The van der Waals surface area contributed by atoms with E-state index in [9.17, 15) is 9.59 Å². The minimum absolute atomic E-state index is 0.0562. The first kappa shape index (κ1) is 23.8. The van der Waals surface area contributed by atoms with Crippen molar-refractivity contribution in [1.82, 2.24) is 14.5 Å². The highest BCUT2D eigenvalue weighted by atomic mass is 35.5. The predicted molar refractivity (Wildman–Crippen MR) is 142 cm³/mol. The van der Waals surface area contributed by atoms with Gasteiger partial charge < -0.3 is 4.90 Å². The molecule has 1 aromatic heterocycles. The van der Waals surface area contributed by atoms with Gasteiger partial charge in [-0.1, -0.05) is 54.1 Å². The van der Waals surface area contributed by atoms with Crippen LogP contribution in [0.25, 0.3) is 16.9 Å². The second-order valence-corrected chi connectivity index (χ2v) is 9.65. The van der Waals surface area contributed by atoms with E-state index in [1.165, 1.54) is 0 Å². The number of rotatable bonds is 8. The Morgan fingerprint density at radius 3 is 2.47 bits per heavy atom. The van der Waals surface area contributed by atoms with Crippen molar-refractivity contribution in [3.8, 4) is 16.9 Å². The van der Waals surface area contributed by atoms with Gasteiger partial charge in [0.1, 0.15) is 6.54 Å². The summed E-state index contributed by atoms with van der Waals surface area (Å²) in [7, 11) is 0. The number of carbonyl (C=O) groups is 2. The Bertz CT molecular complexity index is 1380. The molecule has 7 heteroatoms. The van der Waals surface area contributed by atoms with Crippen LogP contribution < -0.4 is 5.32 Å². The molecule has 0 atom stereocenters. The number of halogens is 1. The van der Waals surface area contributed by atoms with Crippen molar-refractivity contribution in [2.45, 2.75) is 19.8 Å². The van der Waals surface area contributed by atoms with Crippen LogP contribution in [0.15, 0.2) is 85.1 Å². The van der Waals surface area contributed by atoms with Crippen LogP contribution in [0, 0.1) is 12.8 Å². The van der Waals surface area contributed by atoms with Crippen LogP contribution in [-0.2, 0) is 4.79 Å². The Morgan fingerprint density at radius 1 is 1.03 bits per heavy atom. The fourth-order valence-corrected chi connectivity index (χ4v) is 4.26. The number of carbonyl (C=O) groups excluding carboxylic acids is 2. The van der Waals surface area contributed by atoms with Crippen molar-refractivity contribution < 1.29 is 9.59 Å². The largest absolute Gasteiger partial charge is 0.329 e. The molecular formula is C29H27ClN4O2. The third kappa shape index (κ3) is 5.66. The fourth-order valence-electron chi connectivity index (χ4n) is 4.14. The number of hydrogen-bond acceptors (Lipinski definition) is 3. The zero-order chi connectivity index (χ0) is 25.1. The molecule has 1 heterocycles. The van der Waals surface area contributed by atoms with Gasteiger partial charge >= 0.3 is 0 Å². The van der Waals surface area contributed by atoms with Gasteiger partial charge in [-0.15, -0.1) is 0 Å². The van der Waals surface area contributed by atoms with Crippen LogP contribution in [0.3, 0.4) is 0 Å². The van der Waals surface area contributed by atoms with Crippen LogP contribution in [0.4, 0.5) is 5.95 Å². The number of anilines is 1. The van der Waals surface area contributed by atoms with Gasteiger partial charge in [-0.3, -0.25) is 19.5 Å². The van der Waals surface area contributed by atoms with E-state index >= 15 is 0 Å². The molecule has 1 aliphatic carbocycles. The first-order valence-corrected chi connectivity index (χ1v) is 12.4. The molecule has 1 fully saturated rings. The molecule has 0 radical (unpaired) electrons. The van der Waals surface area contributed by atoms with E-state index in [1.807, 2.05) is 72.3 Å². The van der Waals surface area contributed by atoms with Crippen LogP contribution >= 0.6 is 11.6 Å². The smallest absolute Gasteiger partial charge is 0.254 e. The van der Waals surface area contributed by atoms with Gasteiger partial charge in [-0.05, 0) is 67.6 Å². The van der Waals surface area contributed by atoms with Crippen LogP contribution in [0.2, 0.25) is 5.02 Å². The number of imidazole rings is 1. The zero-order valence-electron chi connectivity index (χ0n) is 20.0. The topological polar surface area (TPSA) is 67.2 Å². The number of benzene rings is 3. The van der Waals surface area contributed by atoms with Gasteiger partial charge in [0.05, 0.1) is 5.69 Å². The molecular weight excluding hydrogens is 472 g/mol. The molecule has 6 nitrogen and oxygen atoms in total. The number of nitrogens with zero attached hydrogens (tertiary/aromatic N) is 3. The summed E-state index contributed by atoms with van der Waals surface area (Å²) in [4.78, 5) is 32.8. The summed E-state index contributed by atoms with van der Waals surface area (Å²) in [6.45, 7) is 2.52. The normalized spacial score (nSPS) is 12.8. The molecule has 3 aromatic carbocycles. The zero-order valence-corrected chi connectivity index (χ0v) is 20.8. The molecule has 182 valence electrons. The molecule has 1 saturated carbocycles. The lowest BCUT2D eigenvalue weighted by Gasteiger charge is -2.22. The average molecular weight is 499 g/mol. The van der Waals surface area contributed by atoms with E-state index in [-0.39, 0.29) is 18.4 Å². The van der Waals surface area contributed by atoms with Gasteiger partial charge in [0.2, 0.25) is 11.9 Å². The summed E-state index contributed by atoms with van der Waals surface area (Å²) in [6.07, 6.45) is 4.06. The molecule has 2 amide bonds. The van der Waals surface area contributed by atoms with Crippen molar-refractivity contribution in [3.63, 3.8) is 0 Å². The number of aromatic nitrogens is 2. The molecule has 1 N–H and O–H groups in total. The average Bonchev–Trinajstić information content (AvgIpc) is 3.61.